The van der Waals surface area contributed by atoms with Crippen LogP contribution in [-0.4, -0.2) is 38.9 Å². The van der Waals surface area contributed by atoms with Gasteiger partial charge in [-0.2, -0.15) is 0 Å². The summed E-state index contributed by atoms with van der Waals surface area (Å²) in [6, 6.07) is 10.5. The fourth-order valence-electron chi connectivity index (χ4n) is 2.09. The van der Waals surface area contributed by atoms with Gasteiger partial charge in [-0.15, -0.1) is 0 Å². The molecule has 26 heavy (non-hydrogen) atoms. The van der Waals surface area contributed by atoms with Gasteiger partial charge in [0.05, 0.1) is 12.0 Å². The molecule has 0 heterocycles. The van der Waals surface area contributed by atoms with Crippen molar-refractivity contribution >= 4 is 27.8 Å². The second kappa shape index (κ2) is 7.87. The molecule has 0 spiro atoms. The Kier molecular flexibility index (Phi) is 5.83. The maximum absolute atomic E-state index is 12.4. The summed E-state index contributed by atoms with van der Waals surface area (Å²) in [5, 5.41) is 4.48. The van der Waals surface area contributed by atoms with Crippen molar-refractivity contribution < 1.29 is 22.7 Å². The molecular formula is C17H19N3O5S. The molecule has 0 bridgehead atoms. The van der Waals surface area contributed by atoms with E-state index < -0.39 is 22.1 Å². The van der Waals surface area contributed by atoms with E-state index in [2.05, 4.69) is 5.32 Å². The third-order valence-corrected chi connectivity index (χ3v) is 5.34. The Morgan fingerprint density at radius 2 is 1.73 bits per heavy atom. The Labute approximate surface area is 151 Å². The van der Waals surface area contributed by atoms with Crippen LogP contribution >= 0.6 is 0 Å². The molecule has 0 aromatic heterocycles. The predicted molar refractivity (Wildman–Crippen MR) is 96.7 cm³/mol. The number of aryl methyl sites for hydroxylation is 1. The van der Waals surface area contributed by atoms with E-state index >= 15 is 0 Å². The average molecular weight is 377 g/mol. The first-order chi connectivity index (χ1) is 12.3. The number of nitrogens with zero attached hydrogens (tertiary/aromatic N) is 1. The molecule has 0 saturated carbocycles. The van der Waals surface area contributed by atoms with Crippen molar-refractivity contribution in [3.05, 3.63) is 54.1 Å². The van der Waals surface area contributed by atoms with Crippen molar-refractivity contribution in [1.82, 2.24) is 9.62 Å². The fourth-order valence-corrected chi connectivity index (χ4v) is 3.17. The number of hydrogen-bond donors (Lipinski definition) is 2. The van der Waals surface area contributed by atoms with Crippen LogP contribution in [0.15, 0.2) is 53.4 Å². The van der Waals surface area contributed by atoms with Crippen LogP contribution in [0.1, 0.15) is 5.56 Å². The lowest BCUT2D eigenvalue weighted by atomic mass is 10.2. The van der Waals surface area contributed by atoms with Gasteiger partial charge in [-0.1, -0.05) is 18.2 Å². The Balaban J connectivity index is 2.06. The van der Waals surface area contributed by atoms with Gasteiger partial charge in [0, 0.05) is 12.7 Å². The van der Waals surface area contributed by atoms with E-state index in [0.29, 0.717) is 15.7 Å². The molecule has 2 aromatic carbocycles. The van der Waals surface area contributed by atoms with Gasteiger partial charge in [-0.25, -0.2) is 22.3 Å². The van der Waals surface area contributed by atoms with Crippen LogP contribution in [0, 0.1) is 6.92 Å². The second-order valence-electron chi connectivity index (χ2n) is 5.35. The van der Waals surface area contributed by atoms with Crippen LogP contribution in [0.4, 0.5) is 15.3 Å². The van der Waals surface area contributed by atoms with E-state index in [1.54, 1.807) is 31.2 Å². The first kappa shape index (κ1) is 19.3. The van der Waals surface area contributed by atoms with Crippen LogP contribution < -0.4 is 15.4 Å². The average Bonchev–Trinajstić information content (AvgIpc) is 2.63. The summed E-state index contributed by atoms with van der Waals surface area (Å²) < 4.78 is 30.3. The smallest absolute Gasteiger partial charge is 0.339 e. The highest BCUT2D eigenvalue weighted by Gasteiger charge is 2.26. The largest absolute Gasteiger partial charge is 0.497 e. The minimum atomic E-state index is -4.05. The fraction of sp³-hybridized carbons (Fsp3) is 0.176. The zero-order valence-corrected chi connectivity index (χ0v) is 15.3. The third kappa shape index (κ3) is 4.31. The minimum Gasteiger partial charge on any atom is -0.497 e. The number of nitrogens with one attached hydrogen (secondary N) is 2. The predicted octanol–water partition coefficient (Wildman–Crippen LogP) is 2.57. The number of ether oxygens (including phenoxy) is 1. The highest BCUT2D eigenvalue weighted by atomic mass is 32.2. The van der Waals surface area contributed by atoms with Crippen LogP contribution in [0.2, 0.25) is 0 Å². The molecule has 138 valence electrons. The SMILES string of the molecule is COc1ccc(NC(=O)NC(=O)N(C)S(=O)(=O)c2ccccc2)c(C)c1. The Morgan fingerprint density at radius 3 is 2.31 bits per heavy atom. The first-order valence-electron chi connectivity index (χ1n) is 7.56. The maximum atomic E-state index is 12.4. The van der Waals surface area contributed by atoms with E-state index in [0.717, 1.165) is 12.6 Å². The number of rotatable bonds is 4. The van der Waals surface area contributed by atoms with Crippen LogP contribution in [0.3, 0.4) is 0 Å². The Morgan fingerprint density at radius 1 is 1.08 bits per heavy atom. The van der Waals surface area contributed by atoms with Crippen LogP contribution in [-0.2, 0) is 10.0 Å². The third-order valence-electron chi connectivity index (χ3n) is 3.59. The zero-order chi connectivity index (χ0) is 19.3. The minimum absolute atomic E-state index is 0.0518. The molecule has 0 unspecified atom stereocenters. The Hall–Kier alpha value is -3.07. The molecule has 0 aliphatic rings. The van der Waals surface area contributed by atoms with Crippen LogP contribution in [0.5, 0.6) is 5.75 Å². The number of benzene rings is 2. The van der Waals surface area contributed by atoms with Crippen molar-refractivity contribution in [2.45, 2.75) is 11.8 Å². The Bertz CT molecular complexity index is 913. The van der Waals surface area contributed by atoms with Gasteiger partial charge in [0.15, 0.2) is 0 Å². The summed E-state index contributed by atoms with van der Waals surface area (Å²) in [6.07, 6.45) is 0. The van der Waals surface area contributed by atoms with Crippen molar-refractivity contribution in [3.8, 4) is 5.75 Å². The van der Waals surface area contributed by atoms with Gasteiger partial charge in [0.2, 0.25) is 0 Å². The molecule has 2 N–H and O–H groups in total. The molecule has 0 saturated heterocycles. The van der Waals surface area contributed by atoms with Gasteiger partial charge in [-0.05, 0) is 42.8 Å². The summed E-state index contributed by atoms with van der Waals surface area (Å²) in [5.74, 6) is 0.623. The number of sulfonamides is 1. The highest BCUT2D eigenvalue weighted by Crippen LogP contribution is 2.21. The molecule has 2 aromatic rings. The van der Waals surface area contributed by atoms with Gasteiger partial charge < -0.3 is 10.1 Å². The van der Waals surface area contributed by atoms with Gasteiger partial charge in [-0.3, -0.25) is 5.32 Å². The quantitative estimate of drug-likeness (QED) is 0.852. The number of urea groups is 2. The number of imide groups is 1. The van der Waals surface area contributed by atoms with Crippen molar-refractivity contribution in [2.24, 2.45) is 0 Å². The second-order valence-corrected chi connectivity index (χ2v) is 7.32. The highest BCUT2D eigenvalue weighted by molar-refractivity contribution is 7.89. The van der Waals surface area contributed by atoms with Crippen molar-refractivity contribution in [1.29, 1.82) is 0 Å². The standard InChI is InChI=1S/C17H19N3O5S/c1-12-11-13(25-3)9-10-15(12)18-16(21)19-17(22)20(2)26(23,24)14-7-5-4-6-8-14/h4-11H,1-3H3,(H2,18,19,21,22). The molecule has 9 heteroatoms. The topological polar surface area (TPSA) is 105 Å². The van der Waals surface area contributed by atoms with Crippen molar-refractivity contribution in [2.75, 3.05) is 19.5 Å². The van der Waals surface area contributed by atoms with E-state index in [1.807, 2.05) is 5.32 Å². The first-order valence-corrected chi connectivity index (χ1v) is 9.00. The zero-order valence-electron chi connectivity index (χ0n) is 14.5. The van der Waals surface area contributed by atoms with E-state index in [4.69, 9.17) is 4.74 Å². The molecule has 0 atom stereocenters. The molecule has 4 amide bonds. The monoisotopic (exact) mass is 377 g/mol. The van der Waals surface area contributed by atoms with Crippen LogP contribution in [0.25, 0.3) is 0 Å². The summed E-state index contributed by atoms with van der Waals surface area (Å²) in [5.41, 5.74) is 1.18. The van der Waals surface area contributed by atoms with Gasteiger partial charge in [0.1, 0.15) is 5.75 Å². The molecule has 8 nitrogen and oxygen atoms in total. The number of hydrogen-bond acceptors (Lipinski definition) is 5. The number of amides is 4. The van der Waals surface area contributed by atoms with E-state index in [1.165, 1.54) is 31.4 Å². The van der Waals surface area contributed by atoms with E-state index in [9.17, 15) is 18.0 Å². The lowest BCUT2D eigenvalue weighted by Gasteiger charge is -2.18. The molecule has 0 aliphatic carbocycles. The molecule has 0 fully saturated rings. The summed E-state index contributed by atoms with van der Waals surface area (Å²) >= 11 is 0. The number of methoxy groups -OCH3 is 1. The molecule has 0 aliphatic heterocycles. The molecule has 2 rings (SSSR count). The number of carbonyl (C=O) groups excluding carboxylic acids is 2. The van der Waals surface area contributed by atoms with Gasteiger partial charge >= 0.3 is 12.1 Å². The lowest BCUT2D eigenvalue weighted by Crippen LogP contribution is -2.45. The normalized spacial score (nSPS) is 10.7. The number of carbonyl (C=O) groups is 2. The summed E-state index contributed by atoms with van der Waals surface area (Å²) in [4.78, 5) is 24.1. The van der Waals surface area contributed by atoms with E-state index in [-0.39, 0.29) is 4.90 Å². The lowest BCUT2D eigenvalue weighted by molar-refractivity contribution is 0.223. The molecule has 0 radical (unpaired) electrons. The summed E-state index contributed by atoms with van der Waals surface area (Å²) in [7, 11) is -1.45. The van der Waals surface area contributed by atoms with Crippen molar-refractivity contribution in [3.63, 3.8) is 0 Å². The molecular weight excluding hydrogens is 358 g/mol. The number of anilines is 1. The van der Waals surface area contributed by atoms with Gasteiger partial charge in [0.25, 0.3) is 10.0 Å². The summed E-state index contributed by atoms with van der Waals surface area (Å²) in [6.45, 7) is 1.76. The maximum Gasteiger partial charge on any atom is 0.339 e.